The van der Waals surface area contributed by atoms with Gasteiger partial charge in [-0.1, -0.05) is 30.3 Å². The Bertz CT molecular complexity index is 1330. The van der Waals surface area contributed by atoms with Crippen molar-refractivity contribution < 1.29 is 19.4 Å². The van der Waals surface area contributed by atoms with E-state index in [1.54, 1.807) is 12.7 Å². The number of hydrogen-bond donors (Lipinski definition) is 3. The Labute approximate surface area is 214 Å². The molecule has 1 aliphatic carbocycles. The molecule has 1 atom stereocenters. The third-order valence-corrected chi connectivity index (χ3v) is 7.33. The van der Waals surface area contributed by atoms with Gasteiger partial charge in [-0.25, -0.2) is 9.59 Å². The normalized spacial score (nSPS) is 18.5. The third-order valence-electron chi connectivity index (χ3n) is 7.33. The Hall–Kier alpha value is -3.98. The Morgan fingerprint density at radius 2 is 1.84 bits per heavy atom. The average molecular weight is 502 g/mol. The molecule has 2 aromatic heterocycles. The summed E-state index contributed by atoms with van der Waals surface area (Å²) in [7, 11) is 0. The second kappa shape index (κ2) is 11.4. The fraction of sp³-hybridized carbons (Fsp3) is 0.357. The molecule has 0 bridgehead atoms. The summed E-state index contributed by atoms with van der Waals surface area (Å²) in [5.41, 5.74) is 4.49. The summed E-state index contributed by atoms with van der Waals surface area (Å²) in [5, 5.41) is 21.5. The zero-order chi connectivity index (χ0) is 25.6. The maximum atomic E-state index is 11.5. The molecule has 192 valence electrons. The van der Waals surface area contributed by atoms with E-state index >= 15 is 0 Å². The number of H-pyrrole nitrogens is 1. The number of hydrogen-bond acceptors (Lipinski definition) is 6. The maximum absolute atomic E-state index is 11.5. The summed E-state index contributed by atoms with van der Waals surface area (Å²) in [6, 6.07) is 16.1. The fourth-order valence-electron chi connectivity index (χ4n) is 5.28. The smallest absolute Gasteiger partial charge is 0.417 e. The summed E-state index contributed by atoms with van der Waals surface area (Å²) in [4.78, 5) is 25.7. The van der Waals surface area contributed by atoms with Gasteiger partial charge in [0.05, 0.1) is 6.04 Å². The van der Waals surface area contributed by atoms with Crippen molar-refractivity contribution in [3.8, 4) is 5.69 Å². The van der Waals surface area contributed by atoms with Crippen molar-refractivity contribution in [1.82, 2.24) is 25.1 Å². The van der Waals surface area contributed by atoms with E-state index in [9.17, 15) is 9.59 Å². The lowest BCUT2D eigenvalue weighted by atomic mass is 9.82. The molecule has 2 heterocycles. The van der Waals surface area contributed by atoms with Crippen molar-refractivity contribution in [2.24, 2.45) is 5.92 Å². The lowest BCUT2D eigenvalue weighted by Gasteiger charge is -2.32. The first kappa shape index (κ1) is 24.7. The quantitative estimate of drug-likeness (QED) is 0.232. The fourth-order valence-corrected chi connectivity index (χ4v) is 5.28. The predicted molar refractivity (Wildman–Crippen MR) is 138 cm³/mol. The minimum absolute atomic E-state index is 0.00718. The molecule has 1 saturated carbocycles. The van der Waals surface area contributed by atoms with Crippen LogP contribution in [-0.2, 0) is 20.7 Å². The number of aliphatic carboxylic acids is 1. The molecule has 1 fully saturated rings. The summed E-state index contributed by atoms with van der Waals surface area (Å²) in [6.07, 6.45) is 12.0. The van der Waals surface area contributed by atoms with Gasteiger partial charge in [-0.2, -0.15) is 0 Å². The van der Waals surface area contributed by atoms with E-state index in [1.807, 2.05) is 34.9 Å². The number of aryl methyl sites for hydroxylation is 1. The summed E-state index contributed by atoms with van der Waals surface area (Å²) < 4.78 is 6.93. The predicted octanol–water partition coefficient (Wildman–Crippen LogP) is 4.20. The number of carboxylic acids is 1. The molecule has 4 aromatic rings. The van der Waals surface area contributed by atoms with Gasteiger partial charge in [-0.05, 0) is 73.8 Å². The molecular formula is C28H31N5O4. The van der Waals surface area contributed by atoms with Gasteiger partial charge in [0.2, 0.25) is 0 Å². The summed E-state index contributed by atoms with van der Waals surface area (Å²) in [6.45, 7) is -0.00718. The molecule has 9 nitrogen and oxygen atoms in total. The Morgan fingerprint density at radius 1 is 1.08 bits per heavy atom. The Balaban J connectivity index is 1.15. The number of ether oxygens (including phenoxy) is 1. The van der Waals surface area contributed by atoms with Crippen molar-refractivity contribution in [3.63, 3.8) is 0 Å². The highest BCUT2D eigenvalue weighted by atomic mass is 16.6. The highest BCUT2D eigenvalue weighted by molar-refractivity contribution is 6.28. The number of carbonyl (C=O) groups is 2. The highest BCUT2D eigenvalue weighted by Gasteiger charge is 2.25. The van der Waals surface area contributed by atoms with Gasteiger partial charge >= 0.3 is 11.9 Å². The second-order valence-corrected chi connectivity index (χ2v) is 9.70. The van der Waals surface area contributed by atoms with E-state index in [0.29, 0.717) is 12.0 Å². The van der Waals surface area contributed by atoms with Crippen LogP contribution in [0, 0.1) is 5.92 Å². The lowest BCUT2D eigenvalue weighted by Crippen LogP contribution is -2.38. The van der Waals surface area contributed by atoms with Gasteiger partial charge in [0.15, 0.2) is 0 Å². The van der Waals surface area contributed by atoms with Crippen LogP contribution in [0.5, 0.6) is 0 Å². The van der Waals surface area contributed by atoms with Crippen LogP contribution in [0.25, 0.3) is 16.6 Å². The molecule has 0 saturated heterocycles. The molecule has 9 heteroatoms. The number of esters is 1. The van der Waals surface area contributed by atoms with E-state index in [2.05, 4.69) is 44.9 Å². The molecule has 1 aliphatic rings. The van der Waals surface area contributed by atoms with Gasteiger partial charge in [-0.3, -0.25) is 4.57 Å². The van der Waals surface area contributed by atoms with Crippen molar-refractivity contribution in [2.75, 3.05) is 6.61 Å². The number of aromatic amines is 1. The lowest BCUT2D eigenvalue weighted by molar-refractivity contribution is -0.164. The van der Waals surface area contributed by atoms with Gasteiger partial charge < -0.3 is 20.1 Å². The largest absolute Gasteiger partial charge is 0.473 e. The highest BCUT2D eigenvalue weighted by Crippen LogP contribution is 2.31. The summed E-state index contributed by atoms with van der Waals surface area (Å²) in [5.74, 6) is -2.14. The van der Waals surface area contributed by atoms with Crippen molar-refractivity contribution >= 4 is 22.8 Å². The monoisotopic (exact) mass is 501 g/mol. The Kier molecular flexibility index (Phi) is 7.60. The van der Waals surface area contributed by atoms with Crippen LogP contribution in [0.2, 0.25) is 0 Å². The number of nitrogens with one attached hydrogen (secondary N) is 2. The van der Waals surface area contributed by atoms with Crippen LogP contribution in [-0.4, -0.2) is 49.4 Å². The molecule has 2 aromatic carbocycles. The molecule has 5 rings (SSSR count). The van der Waals surface area contributed by atoms with Crippen LogP contribution in [0.3, 0.4) is 0 Å². The average Bonchev–Trinajstić information content (AvgIpc) is 3.61. The molecule has 0 aliphatic heterocycles. The molecule has 37 heavy (non-hydrogen) atoms. The SMILES string of the molecule is O=C(O)C(=O)OC[C@@H](NC1CCC(CCc2c[nH]c3ccc(-n4cnnc4)cc23)CC1)c1ccccc1. The van der Waals surface area contributed by atoms with E-state index in [0.717, 1.165) is 55.3 Å². The number of rotatable bonds is 9. The molecular weight excluding hydrogens is 470 g/mol. The van der Waals surface area contributed by atoms with Gasteiger partial charge in [0, 0.05) is 28.8 Å². The first-order valence-corrected chi connectivity index (χ1v) is 12.7. The van der Waals surface area contributed by atoms with Crippen LogP contribution in [0.1, 0.15) is 49.3 Å². The van der Waals surface area contributed by atoms with E-state index in [-0.39, 0.29) is 12.6 Å². The number of carbonyl (C=O) groups excluding carboxylic acids is 1. The van der Waals surface area contributed by atoms with Crippen LogP contribution in [0.4, 0.5) is 0 Å². The standard InChI is InChI=1S/C28H31N5O4/c34-27(35)28(36)37-16-26(20-4-2-1-3-5-20)32-22-10-7-19(8-11-22)6-9-21-15-29-25-13-12-23(14-24(21)25)33-17-30-31-18-33/h1-5,12-15,17-19,22,26,29,32H,6-11,16H2,(H,34,35)/t19?,22?,26-/m1/s1. The number of benzene rings is 2. The second-order valence-electron chi connectivity index (χ2n) is 9.70. The molecule has 0 radical (unpaired) electrons. The molecule has 0 amide bonds. The van der Waals surface area contributed by atoms with Crippen LogP contribution < -0.4 is 5.32 Å². The summed E-state index contributed by atoms with van der Waals surface area (Å²) >= 11 is 0. The van der Waals surface area contributed by atoms with Gasteiger partial charge in [-0.15, -0.1) is 10.2 Å². The molecule has 0 unspecified atom stereocenters. The van der Waals surface area contributed by atoms with Crippen LogP contribution >= 0.6 is 0 Å². The van der Waals surface area contributed by atoms with Gasteiger partial charge in [0.25, 0.3) is 0 Å². The third kappa shape index (κ3) is 6.06. The number of carboxylic acid groups (broad SMARTS) is 1. The van der Waals surface area contributed by atoms with Gasteiger partial charge in [0.1, 0.15) is 19.3 Å². The van der Waals surface area contributed by atoms with Crippen LogP contribution in [0.15, 0.2) is 67.4 Å². The van der Waals surface area contributed by atoms with E-state index < -0.39 is 11.9 Å². The first-order chi connectivity index (χ1) is 18.1. The molecule has 3 N–H and O–H groups in total. The molecule has 0 spiro atoms. The van der Waals surface area contributed by atoms with E-state index in [1.165, 1.54) is 10.9 Å². The number of aromatic nitrogens is 4. The van der Waals surface area contributed by atoms with Crippen molar-refractivity contribution in [3.05, 3.63) is 78.5 Å². The zero-order valence-corrected chi connectivity index (χ0v) is 20.5. The number of nitrogens with zero attached hydrogens (tertiary/aromatic N) is 3. The number of fused-ring (bicyclic) bond motifs is 1. The Morgan fingerprint density at radius 3 is 2.57 bits per heavy atom. The van der Waals surface area contributed by atoms with Crippen molar-refractivity contribution in [1.29, 1.82) is 0 Å². The zero-order valence-electron chi connectivity index (χ0n) is 20.5. The van der Waals surface area contributed by atoms with E-state index in [4.69, 9.17) is 9.84 Å². The minimum Gasteiger partial charge on any atom is -0.473 e. The minimum atomic E-state index is -1.57. The maximum Gasteiger partial charge on any atom is 0.417 e. The topological polar surface area (TPSA) is 122 Å². The first-order valence-electron chi connectivity index (χ1n) is 12.7. The van der Waals surface area contributed by atoms with Crippen molar-refractivity contribution in [2.45, 2.75) is 50.6 Å².